The maximum atomic E-state index is 4.50. The summed E-state index contributed by atoms with van der Waals surface area (Å²) in [5, 5.41) is 6.57. The molecule has 20 heavy (non-hydrogen) atoms. The number of nitrogens with zero attached hydrogens (tertiary/aromatic N) is 3. The van der Waals surface area contributed by atoms with Gasteiger partial charge >= 0.3 is 0 Å². The normalized spacial score (nSPS) is 10.3. The second kappa shape index (κ2) is 6.84. The van der Waals surface area contributed by atoms with Crippen LogP contribution < -0.4 is 10.6 Å². The van der Waals surface area contributed by atoms with Gasteiger partial charge in [-0.05, 0) is 31.0 Å². The van der Waals surface area contributed by atoms with Gasteiger partial charge in [0.1, 0.15) is 17.5 Å². The number of aromatic nitrogens is 3. The Labute approximate surface area is 119 Å². The summed E-state index contributed by atoms with van der Waals surface area (Å²) in [4.78, 5) is 13.1. The van der Waals surface area contributed by atoms with Crippen LogP contribution in [0.3, 0.4) is 0 Å². The molecule has 0 saturated carbocycles. The number of hydrogen-bond donors (Lipinski definition) is 2. The van der Waals surface area contributed by atoms with E-state index in [0.717, 1.165) is 30.4 Å². The van der Waals surface area contributed by atoms with Crippen LogP contribution in [0.25, 0.3) is 0 Å². The molecule has 0 radical (unpaired) electrons. The first kappa shape index (κ1) is 14.2. The second-order valence-corrected chi connectivity index (χ2v) is 4.59. The minimum atomic E-state index is 0.714. The zero-order valence-corrected chi connectivity index (χ0v) is 12.3. The van der Waals surface area contributed by atoms with Crippen molar-refractivity contribution >= 4 is 11.6 Å². The summed E-state index contributed by atoms with van der Waals surface area (Å²) in [5.41, 5.74) is 2.40. The van der Waals surface area contributed by atoms with E-state index in [1.165, 1.54) is 11.1 Å². The molecule has 2 heterocycles. The van der Waals surface area contributed by atoms with Crippen LogP contribution >= 0.6 is 0 Å². The lowest BCUT2D eigenvalue weighted by Gasteiger charge is -2.11. The van der Waals surface area contributed by atoms with E-state index in [4.69, 9.17) is 0 Å². The van der Waals surface area contributed by atoms with Crippen molar-refractivity contribution < 1.29 is 0 Å². The maximum absolute atomic E-state index is 4.50. The molecule has 106 valence electrons. The van der Waals surface area contributed by atoms with Crippen molar-refractivity contribution in [2.45, 2.75) is 33.7 Å². The van der Waals surface area contributed by atoms with E-state index in [9.17, 15) is 0 Å². The Bertz CT molecular complexity index is 568. The Morgan fingerprint density at radius 3 is 2.50 bits per heavy atom. The number of aryl methyl sites for hydroxylation is 2. The van der Waals surface area contributed by atoms with Crippen molar-refractivity contribution in [3.8, 4) is 0 Å². The first-order chi connectivity index (χ1) is 9.72. The summed E-state index contributed by atoms with van der Waals surface area (Å²) in [5.74, 6) is 2.55. The van der Waals surface area contributed by atoms with E-state index in [1.807, 2.05) is 24.5 Å². The lowest BCUT2D eigenvalue weighted by atomic mass is 10.1. The summed E-state index contributed by atoms with van der Waals surface area (Å²) >= 11 is 0. The Morgan fingerprint density at radius 2 is 1.85 bits per heavy atom. The zero-order valence-electron chi connectivity index (χ0n) is 12.3. The van der Waals surface area contributed by atoms with Crippen LogP contribution in [-0.2, 0) is 13.0 Å². The predicted octanol–water partition coefficient (Wildman–Crippen LogP) is 2.79. The van der Waals surface area contributed by atoms with Crippen LogP contribution in [0.1, 0.15) is 30.8 Å². The third kappa shape index (κ3) is 3.66. The molecule has 2 aromatic heterocycles. The number of rotatable bonds is 6. The van der Waals surface area contributed by atoms with E-state index in [0.29, 0.717) is 6.54 Å². The number of hydrogen-bond acceptors (Lipinski definition) is 5. The molecule has 0 aliphatic rings. The van der Waals surface area contributed by atoms with Crippen LogP contribution in [-0.4, -0.2) is 21.5 Å². The van der Waals surface area contributed by atoms with E-state index in [2.05, 4.69) is 46.4 Å². The van der Waals surface area contributed by atoms with Crippen LogP contribution in [0, 0.1) is 6.92 Å². The monoisotopic (exact) mass is 271 g/mol. The highest BCUT2D eigenvalue weighted by Gasteiger charge is 2.04. The SMILES string of the molecule is CCNc1cc(NCc2cnccc2C)nc(CC)n1. The van der Waals surface area contributed by atoms with E-state index in [-0.39, 0.29) is 0 Å². The van der Waals surface area contributed by atoms with Gasteiger partial charge in [-0.25, -0.2) is 9.97 Å². The summed E-state index contributed by atoms with van der Waals surface area (Å²) in [6, 6.07) is 3.95. The molecule has 0 atom stereocenters. The summed E-state index contributed by atoms with van der Waals surface area (Å²) < 4.78 is 0. The summed E-state index contributed by atoms with van der Waals surface area (Å²) in [7, 11) is 0. The van der Waals surface area contributed by atoms with Crippen molar-refractivity contribution in [3.63, 3.8) is 0 Å². The molecule has 0 aromatic carbocycles. The van der Waals surface area contributed by atoms with Crippen molar-refractivity contribution in [2.24, 2.45) is 0 Å². The van der Waals surface area contributed by atoms with Gasteiger partial charge in [0.15, 0.2) is 0 Å². The first-order valence-corrected chi connectivity index (χ1v) is 6.98. The first-order valence-electron chi connectivity index (χ1n) is 6.98. The van der Waals surface area contributed by atoms with Gasteiger partial charge in [-0.2, -0.15) is 0 Å². The highest BCUT2D eigenvalue weighted by atomic mass is 15.1. The molecule has 2 rings (SSSR count). The minimum absolute atomic E-state index is 0.714. The molecule has 2 N–H and O–H groups in total. The molecule has 0 unspecified atom stereocenters. The highest BCUT2D eigenvalue weighted by Crippen LogP contribution is 2.14. The van der Waals surface area contributed by atoms with Crippen LogP contribution in [0.15, 0.2) is 24.5 Å². The number of nitrogens with one attached hydrogen (secondary N) is 2. The van der Waals surface area contributed by atoms with E-state index < -0.39 is 0 Å². The van der Waals surface area contributed by atoms with Crippen LogP contribution in [0.2, 0.25) is 0 Å². The van der Waals surface area contributed by atoms with Crippen molar-refractivity contribution in [2.75, 3.05) is 17.2 Å². The predicted molar refractivity (Wildman–Crippen MR) is 81.9 cm³/mol. The van der Waals surface area contributed by atoms with Crippen LogP contribution in [0.4, 0.5) is 11.6 Å². The third-order valence-electron chi connectivity index (χ3n) is 3.05. The fourth-order valence-corrected chi connectivity index (χ4v) is 1.89. The Hall–Kier alpha value is -2.17. The molecule has 2 aromatic rings. The van der Waals surface area contributed by atoms with Crippen molar-refractivity contribution in [1.29, 1.82) is 0 Å². The maximum Gasteiger partial charge on any atom is 0.132 e. The van der Waals surface area contributed by atoms with E-state index in [1.54, 1.807) is 0 Å². The molecule has 0 amide bonds. The minimum Gasteiger partial charge on any atom is -0.370 e. The van der Waals surface area contributed by atoms with Crippen molar-refractivity contribution in [3.05, 3.63) is 41.5 Å². The Morgan fingerprint density at radius 1 is 1.10 bits per heavy atom. The van der Waals surface area contributed by atoms with Gasteiger partial charge in [0.25, 0.3) is 0 Å². The molecule has 5 nitrogen and oxygen atoms in total. The standard InChI is InChI=1S/C15H21N5/c1-4-13-19-14(17-5-2)8-15(20-13)18-10-12-9-16-7-6-11(12)3/h6-9H,4-5,10H2,1-3H3,(H2,17,18,19,20). The number of pyridine rings is 1. The molecule has 0 bridgehead atoms. The molecule has 0 saturated heterocycles. The Balaban J connectivity index is 2.12. The second-order valence-electron chi connectivity index (χ2n) is 4.59. The molecule has 0 aliphatic carbocycles. The number of anilines is 2. The summed E-state index contributed by atoms with van der Waals surface area (Å²) in [6.07, 6.45) is 4.51. The molecule has 0 spiro atoms. The van der Waals surface area contributed by atoms with Gasteiger partial charge in [-0.15, -0.1) is 0 Å². The Kier molecular flexibility index (Phi) is 4.87. The topological polar surface area (TPSA) is 62.7 Å². The fourth-order valence-electron chi connectivity index (χ4n) is 1.89. The average Bonchev–Trinajstić information content (AvgIpc) is 2.46. The van der Waals surface area contributed by atoms with Crippen LogP contribution in [0.5, 0.6) is 0 Å². The lowest BCUT2D eigenvalue weighted by Crippen LogP contribution is -2.08. The van der Waals surface area contributed by atoms with Gasteiger partial charge in [0, 0.05) is 38.0 Å². The molecular weight excluding hydrogens is 250 g/mol. The quantitative estimate of drug-likeness (QED) is 0.846. The van der Waals surface area contributed by atoms with Crippen molar-refractivity contribution in [1.82, 2.24) is 15.0 Å². The molecule has 0 fully saturated rings. The van der Waals surface area contributed by atoms with E-state index >= 15 is 0 Å². The molecule has 0 aliphatic heterocycles. The third-order valence-corrected chi connectivity index (χ3v) is 3.05. The van der Waals surface area contributed by atoms with Gasteiger partial charge < -0.3 is 10.6 Å². The zero-order chi connectivity index (χ0) is 14.4. The molecular formula is C15H21N5. The van der Waals surface area contributed by atoms with Gasteiger partial charge in [-0.1, -0.05) is 6.92 Å². The molecule has 5 heteroatoms. The lowest BCUT2D eigenvalue weighted by molar-refractivity contribution is 0.928. The average molecular weight is 271 g/mol. The highest BCUT2D eigenvalue weighted by molar-refractivity contribution is 5.48. The van der Waals surface area contributed by atoms with Gasteiger partial charge in [-0.3, -0.25) is 4.98 Å². The van der Waals surface area contributed by atoms with Gasteiger partial charge in [0.05, 0.1) is 0 Å². The fraction of sp³-hybridized carbons (Fsp3) is 0.400. The largest absolute Gasteiger partial charge is 0.370 e. The summed E-state index contributed by atoms with van der Waals surface area (Å²) in [6.45, 7) is 7.76. The smallest absolute Gasteiger partial charge is 0.132 e. The van der Waals surface area contributed by atoms with Gasteiger partial charge in [0.2, 0.25) is 0 Å².